The fourth-order valence-corrected chi connectivity index (χ4v) is 3.85. The zero-order valence-corrected chi connectivity index (χ0v) is 25.1. The second-order valence-corrected chi connectivity index (χ2v) is 12.0. The summed E-state index contributed by atoms with van der Waals surface area (Å²) in [6.07, 6.45) is -7.82. The van der Waals surface area contributed by atoms with Crippen LogP contribution in [0, 0.1) is 0 Å². The summed E-state index contributed by atoms with van der Waals surface area (Å²) >= 11 is 2.97. The number of aliphatic hydroxyl groups excluding tert-OH is 1. The molecule has 226 valence electrons. The van der Waals surface area contributed by atoms with Crippen molar-refractivity contribution in [2.45, 2.75) is 83.7 Å². The number of rotatable bonds is 9. The zero-order chi connectivity index (χ0) is 31.2. The summed E-state index contributed by atoms with van der Waals surface area (Å²) < 4.78 is 53.4. The summed E-state index contributed by atoms with van der Waals surface area (Å²) in [5.41, 5.74) is -1.32. The molecule has 0 saturated carbocycles. The lowest BCUT2D eigenvalue weighted by atomic mass is 9.99. The van der Waals surface area contributed by atoms with Crippen molar-refractivity contribution in [3.63, 3.8) is 0 Å². The van der Waals surface area contributed by atoms with Gasteiger partial charge in [0.15, 0.2) is 12.1 Å². The molecule has 3 N–H and O–H groups in total. The second kappa shape index (κ2) is 13.6. The van der Waals surface area contributed by atoms with Gasteiger partial charge < -0.3 is 30.0 Å². The van der Waals surface area contributed by atoms with E-state index in [1.165, 1.54) is 12.1 Å². The molecule has 0 aliphatic heterocycles. The fourth-order valence-electron chi connectivity index (χ4n) is 3.52. The van der Waals surface area contributed by atoms with E-state index in [4.69, 9.17) is 9.47 Å². The molecular formula is C28H34BrF3N2O7. The summed E-state index contributed by atoms with van der Waals surface area (Å²) in [7, 11) is 0. The van der Waals surface area contributed by atoms with E-state index < -0.39 is 59.5 Å². The topological polar surface area (TPSA) is 123 Å². The number of alkyl halides is 3. The average molecular weight is 647 g/mol. The van der Waals surface area contributed by atoms with Crippen molar-refractivity contribution in [1.29, 1.82) is 0 Å². The number of aliphatic hydroxyl groups is 1. The van der Waals surface area contributed by atoms with Gasteiger partial charge in [-0.25, -0.2) is 9.59 Å². The van der Waals surface area contributed by atoms with Crippen molar-refractivity contribution in [1.82, 2.24) is 10.6 Å². The van der Waals surface area contributed by atoms with Crippen LogP contribution in [0.2, 0.25) is 0 Å². The number of benzene rings is 2. The van der Waals surface area contributed by atoms with Crippen molar-refractivity contribution in [3.05, 3.63) is 64.1 Å². The molecule has 2 rings (SSSR count). The van der Waals surface area contributed by atoms with E-state index in [0.29, 0.717) is 5.56 Å². The molecule has 9 nitrogen and oxygen atoms in total. The van der Waals surface area contributed by atoms with E-state index in [-0.39, 0.29) is 16.5 Å². The van der Waals surface area contributed by atoms with E-state index in [2.05, 4.69) is 31.3 Å². The Morgan fingerprint density at radius 3 is 2.02 bits per heavy atom. The van der Waals surface area contributed by atoms with Crippen LogP contribution >= 0.6 is 15.9 Å². The summed E-state index contributed by atoms with van der Waals surface area (Å²) in [5.74, 6) is -2.76. The summed E-state index contributed by atoms with van der Waals surface area (Å²) in [4.78, 5) is 38.9. The summed E-state index contributed by atoms with van der Waals surface area (Å²) in [6.45, 7) is 9.63. The number of carbonyl (C=O) groups is 3. The van der Waals surface area contributed by atoms with Crippen LogP contribution in [0.4, 0.5) is 18.0 Å². The Morgan fingerprint density at radius 1 is 0.902 bits per heavy atom. The van der Waals surface area contributed by atoms with Crippen molar-refractivity contribution < 1.29 is 46.9 Å². The molecule has 0 aromatic heterocycles. The van der Waals surface area contributed by atoms with E-state index in [1.54, 1.807) is 71.9 Å². The smallest absolute Gasteiger partial charge is 0.458 e. The van der Waals surface area contributed by atoms with Gasteiger partial charge in [-0.1, -0.05) is 36.4 Å². The lowest BCUT2D eigenvalue weighted by Gasteiger charge is -2.29. The number of hydrogen-bond acceptors (Lipinski definition) is 7. The highest BCUT2D eigenvalue weighted by atomic mass is 79.9. The summed E-state index contributed by atoms with van der Waals surface area (Å²) in [5, 5.41) is 15.9. The monoisotopic (exact) mass is 646 g/mol. The molecule has 0 unspecified atom stereocenters. The maximum Gasteiger partial charge on any atom is 0.573 e. The fraction of sp³-hybridized carbons (Fsp3) is 0.464. The standard InChI is InChI=1S/C28H34BrF3N2O7/c1-26(2,3)40-24(37)21(17-12-13-18(29)20(15-17)39-28(30,31)32)34-23(36)22(35)19(14-16-10-8-7-9-11-16)33-25(38)41-27(4,5)6/h7-13,15,19,21-22,35H,14H2,1-6H3,(H,33,38)(H,34,36)/t19-,21-,22+/m1/s1. The predicted molar refractivity (Wildman–Crippen MR) is 147 cm³/mol. The Bertz CT molecular complexity index is 1210. The van der Waals surface area contributed by atoms with Crippen molar-refractivity contribution in [2.24, 2.45) is 0 Å². The van der Waals surface area contributed by atoms with Crippen LogP contribution in [-0.2, 0) is 25.5 Å². The minimum atomic E-state index is -5.03. The molecule has 0 saturated heterocycles. The Morgan fingerprint density at radius 2 is 1.49 bits per heavy atom. The highest BCUT2D eigenvalue weighted by molar-refractivity contribution is 9.10. The Hall–Kier alpha value is -3.32. The van der Waals surface area contributed by atoms with Gasteiger partial charge in [0.05, 0.1) is 10.5 Å². The molecule has 0 spiro atoms. The predicted octanol–water partition coefficient (Wildman–Crippen LogP) is 5.34. The first kappa shape index (κ1) is 33.9. The van der Waals surface area contributed by atoms with Gasteiger partial charge in [-0.15, -0.1) is 13.2 Å². The molecule has 2 amide bonds. The molecule has 0 aliphatic carbocycles. The van der Waals surface area contributed by atoms with Gasteiger partial charge in [-0.05, 0) is 87.2 Å². The SMILES string of the molecule is CC(C)(C)OC(=O)N[C@H](Cc1ccccc1)[C@H](O)C(=O)N[C@@H](C(=O)OC(C)(C)C)c1ccc(Br)c(OC(F)(F)F)c1. The molecule has 0 bridgehead atoms. The third-order valence-corrected chi connectivity index (χ3v) is 5.75. The molecule has 2 aromatic rings. The minimum absolute atomic E-state index is 0.00757. The maximum absolute atomic E-state index is 13.3. The van der Waals surface area contributed by atoms with Crippen LogP contribution < -0.4 is 15.4 Å². The molecule has 0 fully saturated rings. The number of amides is 2. The highest BCUT2D eigenvalue weighted by Gasteiger charge is 2.36. The normalized spacial score (nSPS) is 14.3. The van der Waals surface area contributed by atoms with Crippen LogP contribution in [0.15, 0.2) is 53.0 Å². The third kappa shape index (κ3) is 12.0. The number of halogens is 4. The van der Waals surface area contributed by atoms with Gasteiger partial charge in [0.25, 0.3) is 5.91 Å². The third-order valence-electron chi connectivity index (χ3n) is 5.09. The largest absolute Gasteiger partial charge is 0.573 e. The van der Waals surface area contributed by atoms with Gasteiger partial charge in [0, 0.05) is 0 Å². The lowest BCUT2D eigenvalue weighted by molar-refractivity contribution is -0.274. The molecule has 2 aromatic carbocycles. The number of alkyl carbamates (subject to hydrolysis) is 1. The molecular weight excluding hydrogens is 613 g/mol. The molecule has 0 radical (unpaired) electrons. The molecule has 3 atom stereocenters. The van der Waals surface area contributed by atoms with E-state index in [9.17, 15) is 32.7 Å². The van der Waals surface area contributed by atoms with Gasteiger partial charge in [-0.3, -0.25) is 4.79 Å². The number of esters is 1. The first-order valence-electron chi connectivity index (χ1n) is 12.5. The van der Waals surface area contributed by atoms with Crippen LogP contribution in [0.5, 0.6) is 5.75 Å². The van der Waals surface area contributed by atoms with Crippen LogP contribution in [0.3, 0.4) is 0 Å². The summed E-state index contributed by atoms with van der Waals surface area (Å²) in [6, 6.07) is 9.25. The first-order chi connectivity index (χ1) is 18.7. The van der Waals surface area contributed by atoms with Crippen molar-refractivity contribution in [2.75, 3.05) is 0 Å². The number of ether oxygens (including phenoxy) is 3. The zero-order valence-electron chi connectivity index (χ0n) is 23.5. The number of hydrogen-bond donors (Lipinski definition) is 3. The van der Waals surface area contributed by atoms with Gasteiger partial charge in [-0.2, -0.15) is 0 Å². The quantitative estimate of drug-likeness (QED) is 0.314. The maximum atomic E-state index is 13.3. The first-order valence-corrected chi connectivity index (χ1v) is 13.3. The number of carbonyl (C=O) groups excluding carboxylic acids is 3. The Labute approximate surface area is 244 Å². The van der Waals surface area contributed by atoms with Crippen molar-refractivity contribution in [3.8, 4) is 5.75 Å². The van der Waals surface area contributed by atoms with Gasteiger partial charge in [0.2, 0.25) is 0 Å². The molecule has 0 heterocycles. The van der Waals surface area contributed by atoms with Crippen LogP contribution in [-0.4, -0.2) is 52.8 Å². The van der Waals surface area contributed by atoms with Gasteiger partial charge in [0.1, 0.15) is 17.0 Å². The molecule has 13 heteroatoms. The minimum Gasteiger partial charge on any atom is -0.458 e. The Balaban J connectivity index is 2.41. The van der Waals surface area contributed by atoms with E-state index in [0.717, 1.165) is 6.07 Å². The van der Waals surface area contributed by atoms with E-state index >= 15 is 0 Å². The lowest BCUT2D eigenvalue weighted by Crippen LogP contribution is -2.53. The van der Waals surface area contributed by atoms with E-state index in [1.807, 2.05) is 0 Å². The highest BCUT2D eigenvalue weighted by Crippen LogP contribution is 2.33. The second-order valence-electron chi connectivity index (χ2n) is 11.1. The number of nitrogens with one attached hydrogen (secondary N) is 2. The molecule has 0 aliphatic rings. The average Bonchev–Trinajstić information content (AvgIpc) is 2.80. The van der Waals surface area contributed by atoms with Crippen LogP contribution in [0.1, 0.15) is 58.7 Å². The Kier molecular flexibility index (Phi) is 11.2. The molecule has 41 heavy (non-hydrogen) atoms. The van der Waals surface area contributed by atoms with Crippen LogP contribution in [0.25, 0.3) is 0 Å². The van der Waals surface area contributed by atoms with Crippen molar-refractivity contribution >= 4 is 33.9 Å². The van der Waals surface area contributed by atoms with Gasteiger partial charge >= 0.3 is 18.4 Å².